The third-order valence-corrected chi connectivity index (χ3v) is 4.14. The monoisotopic (exact) mass is 358 g/mol. The van der Waals surface area contributed by atoms with Gasteiger partial charge in [-0.05, 0) is 29.8 Å². The molecule has 1 N–H and O–H groups in total. The van der Waals surface area contributed by atoms with Gasteiger partial charge in [0.1, 0.15) is 5.57 Å². The average molecular weight is 359 g/mol. The van der Waals surface area contributed by atoms with E-state index in [-0.39, 0.29) is 5.57 Å². The highest BCUT2D eigenvalue weighted by atomic mass is 35.5. The molecule has 6 heteroatoms. The second-order valence-electron chi connectivity index (χ2n) is 5.03. The minimum atomic E-state index is -0.469. The van der Waals surface area contributed by atoms with Gasteiger partial charge in [0.2, 0.25) is 0 Å². The van der Waals surface area contributed by atoms with E-state index >= 15 is 0 Å². The molecule has 1 aliphatic rings. The number of hydrogen-bond donors (Lipinski definition) is 1. The molecule has 0 unspecified atom stereocenters. The molecule has 1 aliphatic heterocycles. The van der Waals surface area contributed by atoms with Crippen molar-refractivity contribution in [2.75, 3.05) is 5.01 Å². The van der Waals surface area contributed by atoms with Crippen molar-refractivity contribution >= 4 is 46.8 Å². The molecular formula is C18H12Cl2N2O2. The fourth-order valence-electron chi connectivity index (χ4n) is 2.20. The van der Waals surface area contributed by atoms with E-state index in [4.69, 9.17) is 23.2 Å². The number of benzene rings is 2. The van der Waals surface area contributed by atoms with Crippen molar-refractivity contribution in [1.29, 1.82) is 0 Å². The molecule has 0 spiro atoms. The maximum absolute atomic E-state index is 12.4. The van der Waals surface area contributed by atoms with Gasteiger partial charge in [-0.2, -0.15) is 0 Å². The molecule has 0 atom stereocenters. The van der Waals surface area contributed by atoms with Gasteiger partial charge in [-0.3, -0.25) is 15.0 Å². The van der Waals surface area contributed by atoms with Gasteiger partial charge < -0.3 is 0 Å². The maximum atomic E-state index is 12.4. The van der Waals surface area contributed by atoms with Crippen LogP contribution < -0.4 is 10.4 Å². The molecule has 0 radical (unpaired) electrons. The van der Waals surface area contributed by atoms with Gasteiger partial charge in [-0.1, -0.05) is 65.7 Å². The number of amides is 2. The Hall–Kier alpha value is -2.56. The van der Waals surface area contributed by atoms with Gasteiger partial charge in [0.05, 0.1) is 15.7 Å². The van der Waals surface area contributed by atoms with Crippen LogP contribution in [0.4, 0.5) is 5.69 Å². The summed E-state index contributed by atoms with van der Waals surface area (Å²) in [5, 5.41) is 1.82. The van der Waals surface area contributed by atoms with Crippen LogP contribution >= 0.6 is 23.2 Å². The van der Waals surface area contributed by atoms with E-state index < -0.39 is 11.8 Å². The molecule has 0 bridgehead atoms. The predicted octanol–water partition coefficient (Wildman–Crippen LogP) is 4.01. The molecule has 0 aromatic heterocycles. The minimum absolute atomic E-state index is 0.0493. The number of rotatable bonds is 3. The summed E-state index contributed by atoms with van der Waals surface area (Å²) in [5.74, 6) is -0.917. The summed E-state index contributed by atoms with van der Waals surface area (Å²) in [7, 11) is 0. The Bertz CT molecular complexity index is 861. The highest BCUT2D eigenvalue weighted by Crippen LogP contribution is 2.28. The van der Waals surface area contributed by atoms with Crippen molar-refractivity contribution in [1.82, 2.24) is 5.43 Å². The van der Waals surface area contributed by atoms with E-state index in [2.05, 4.69) is 5.43 Å². The zero-order valence-corrected chi connectivity index (χ0v) is 13.9. The number of hydrazine groups is 1. The standard InChI is InChI=1S/C18H12Cl2N2O2/c19-15-10-9-13(11-16(15)20)22-18(24)14(17(23)21-22)8-4-7-12-5-2-1-3-6-12/h1-11H,(H,21,23)/b7-4+,14-8-. The first-order valence-corrected chi connectivity index (χ1v) is 7.86. The smallest absolute Gasteiger partial charge is 0.267 e. The summed E-state index contributed by atoms with van der Waals surface area (Å²) in [4.78, 5) is 24.4. The first kappa shape index (κ1) is 16.3. The lowest BCUT2D eigenvalue weighted by Crippen LogP contribution is -2.35. The lowest BCUT2D eigenvalue weighted by Gasteiger charge is -2.15. The molecule has 120 valence electrons. The van der Waals surface area contributed by atoms with E-state index in [1.54, 1.807) is 18.2 Å². The van der Waals surface area contributed by atoms with Gasteiger partial charge in [0.15, 0.2) is 0 Å². The van der Waals surface area contributed by atoms with Crippen molar-refractivity contribution in [2.45, 2.75) is 0 Å². The zero-order valence-electron chi connectivity index (χ0n) is 12.4. The third-order valence-electron chi connectivity index (χ3n) is 3.40. The van der Waals surface area contributed by atoms with Crippen LogP contribution in [0.25, 0.3) is 6.08 Å². The summed E-state index contributed by atoms with van der Waals surface area (Å²) in [6.07, 6.45) is 4.97. The molecule has 2 aromatic carbocycles. The SMILES string of the molecule is O=C1NN(c2ccc(Cl)c(Cl)c2)C(=O)/C1=C\C=C\c1ccccc1. The lowest BCUT2D eigenvalue weighted by molar-refractivity contribution is -0.117. The molecule has 2 aromatic rings. The second kappa shape index (κ2) is 6.91. The van der Waals surface area contributed by atoms with Gasteiger partial charge in [-0.15, -0.1) is 0 Å². The number of halogens is 2. The highest BCUT2D eigenvalue weighted by Gasteiger charge is 2.34. The molecular weight excluding hydrogens is 347 g/mol. The van der Waals surface area contributed by atoms with Crippen molar-refractivity contribution in [3.63, 3.8) is 0 Å². The van der Waals surface area contributed by atoms with Crippen molar-refractivity contribution in [3.8, 4) is 0 Å². The quantitative estimate of drug-likeness (QED) is 0.665. The number of nitrogens with one attached hydrogen (secondary N) is 1. The van der Waals surface area contributed by atoms with Crippen molar-refractivity contribution < 1.29 is 9.59 Å². The number of carbonyl (C=O) groups is 2. The Morgan fingerprint density at radius 1 is 0.958 bits per heavy atom. The van der Waals surface area contributed by atoms with E-state index in [9.17, 15) is 9.59 Å². The Balaban J connectivity index is 1.82. The fourth-order valence-corrected chi connectivity index (χ4v) is 2.49. The van der Waals surface area contributed by atoms with Crippen LogP contribution in [0, 0.1) is 0 Å². The van der Waals surface area contributed by atoms with Crippen LogP contribution in [-0.4, -0.2) is 11.8 Å². The average Bonchev–Trinajstić information content (AvgIpc) is 2.86. The van der Waals surface area contributed by atoms with Gasteiger partial charge in [0.25, 0.3) is 11.8 Å². The molecule has 1 fully saturated rings. The minimum Gasteiger partial charge on any atom is -0.267 e. The summed E-state index contributed by atoms with van der Waals surface area (Å²) in [6, 6.07) is 14.3. The normalized spacial score (nSPS) is 16.2. The van der Waals surface area contributed by atoms with Gasteiger partial charge in [-0.25, -0.2) is 5.01 Å². The van der Waals surface area contributed by atoms with Crippen LogP contribution in [-0.2, 0) is 9.59 Å². The lowest BCUT2D eigenvalue weighted by atomic mass is 10.2. The fraction of sp³-hybridized carbons (Fsp3) is 0. The van der Waals surface area contributed by atoms with Gasteiger partial charge in [0, 0.05) is 0 Å². The second-order valence-corrected chi connectivity index (χ2v) is 5.84. The first-order valence-electron chi connectivity index (χ1n) is 7.10. The summed E-state index contributed by atoms with van der Waals surface area (Å²) >= 11 is 11.8. The van der Waals surface area contributed by atoms with Crippen LogP contribution in [0.2, 0.25) is 10.0 Å². The van der Waals surface area contributed by atoms with E-state index in [1.807, 2.05) is 36.4 Å². The van der Waals surface area contributed by atoms with Crippen LogP contribution in [0.1, 0.15) is 5.56 Å². The molecule has 1 heterocycles. The number of hydrogen-bond acceptors (Lipinski definition) is 2. The van der Waals surface area contributed by atoms with Crippen LogP contribution in [0.15, 0.2) is 66.3 Å². The Labute approximate surface area is 149 Å². The molecule has 1 saturated heterocycles. The summed E-state index contributed by atoms with van der Waals surface area (Å²) in [5.41, 5.74) is 3.97. The van der Waals surface area contributed by atoms with E-state index in [0.29, 0.717) is 15.7 Å². The summed E-state index contributed by atoms with van der Waals surface area (Å²) < 4.78 is 0. The number of carbonyl (C=O) groups excluding carboxylic acids is 2. The third kappa shape index (κ3) is 3.35. The highest BCUT2D eigenvalue weighted by molar-refractivity contribution is 6.42. The molecule has 0 aliphatic carbocycles. The Morgan fingerprint density at radius 3 is 2.42 bits per heavy atom. The van der Waals surface area contributed by atoms with Gasteiger partial charge >= 0.3 is 0 Å². The Morgan fingerprint density at radius 2 is 1.71 bits per heavy atom. The van der Waals surface area contributed by atoms with E-state index in [0.717, 1.165) is 10.6 Å². The Kier molecular flexibility index (Phi) is 4.69. The number of allylic oxidation sites excluding steroid dienone is 2. The largest absolute Gasteiger partial charge is 0.282 e. The molecule has 24 heavy (non-hydrogen) atoms. The van der Waals surface area contributed by atoms with E-state index in [1.165, 1.54) is 12.1 Å². The number of anilines is 1. The zero-order chi connectivity index (χ0) is 17.1. The molecule has 0 saturated carbocycles. The molecule has 4 nitrogen and oxygen atoms in total. The number of nitrogens with zero attached hydrogens (tertiary/aromatic N) is 1. The summed E-state index contributed by atoms with van der Waals surface area (Å²) in [6.45, 7) is 0. The molecule has 2 amide bonds. The maximum Gasteiger partial charge on any atom is 0.282 e. The topological polar surface area (TPSA) is 49.4 Å². The van der Waals surface area contributed by atoms with Crippen LogP contribution in [0.3, 0.4) is 0 Å². The van der Waals surface area contributed by atoms with Crippen molar-refractivity contribution in [2.24, 2.45) is 0 Å². The van der Waals surface area contributed by atoms with Crippen molar-refractivity contribution in [3.05, 3.63) is 81.9 Å². The predicted molar refractivity (Wildman–Crippen MR) is 95.6 cm³/mol. The van der Waals surface area contributed by atoms with Crippen LogP contribution in [0.5, 0.6) is 0 Å². The first-order chi connectivity index (χ1) is 11.6. The molecule has 3 rings (SSSR count).